The van der Waals surface area contributed by atoms with Crippen LogP contribution >= 0.6 is 11.6 Å². The Bertz CT molecular complexity index is 750. The van der Waals surface area contributed by atoms with Crippen LogP contribution in [0.15, 0.2) is 46.9 Å². The molecule has 3 aromatic rings. The topological polar surface area (TPSA) is 38.9 Å². The minimum Gasteiger partial charge on any atom is -0.458 e. The van der Waals surface area contributed by atoms with Crippen molar-refractivity contribution < 1.29 is 4.42 Å². The summed E-state index contributed by atoms with van der Waals surface area (Å²) in [5.74, 6) is 1.95. The molecule has 0 amide bonds. The van der Waals surface area contributed by atoms with Crippen LogP contribution in [0.2, 0.25) is 5.15 Å². The summed E-state index contributed by atoms with van der Waals surface area (Å²) in [5.41, 5.74) is 2.71. The summed E-state index contributed by atoms with van der Waals surface area (Å²) in [7, 11) is 0. The predicted octanol–water partition coefficient (Wildman–Crippen LogP) is 4.67. The molecule has 0 fully saturated rings. The number of benzene rings is 1. The van der Waals surface area contributed by atoms with Crippen molar-refractivity contribution in [2.45, 2.75) is 13.8 Å². The standard InChI is InChI=1S/C16H13ClN2O/c1-10-8-9-13(20-10)16-18-14(11(2)15(17)19-16)12-6-4-3-5-7-12/h3-9H,1-2H3. The van der Waals surface area contributed by atoms with Gasteiger partial charge in [0.25, 0.3) is 0 Å². The molecule has 0 bridgehead atoms. The highest BCUT2D eigenvalue weighted by Gasteiger charge is 2.14. The highest BCUT2D eigenvalue weighted by molar-refractivity contribution is 6.30. The number of furan rings is 1. The Kier molecular flexibility index (Phi) is 3.28. The highest BCUT2D eigenvalue weighted by Crippen LogP contribution is 2.29. The second kappa shape index (κ2) is 5.10. The van der Waals surface area contributed by atoms with Crippen LogP contribution in [0, 0.1) is 13.8 Å². The average molecular weight is 285 g/mol. The van der Waals surface area contributed by atoms with Crippen LogP contribution in [-0.4, -0.2) is 9.97 Å². The number of aromatic nitrogens is 2. The molecule has 2 aromatic heterocycles. The van der Waals surface area contributed by atoms with E-state index in [9.17, 15) is 0 Å². The normalized spacial score (nSPS) is 10.8. The van der Waals surface area contributed by atoms with Gasteiger partial charge in [0.15, 0.2) is 11.6 Å². The lowest BCUT2D eigenvalue weighted by molar-refractivity contribution is 0.544. The Balaban J connectivity index is 2.18. The van der Waals surface area contributed by atoms with Gasteiger partial charge in [-0.05, 0) is 26.0 Å². The van der Waals surface area contributed by atoms with E-state index in [1.54, 1.807) is 0 Å². The van der Waals surface area contributed by atoms with Crippen LogP contribution < -0.4 is 0 Å². The molecule has 0 atom stereocenters. The Hall–Kier alpha value is -2.13. The molecule has 3 nitrogen and oxygen atoms in total. The number of hydrogen-bond acceptors (Lipinski definition) is 3. The molecule has 3 rings (SSSR count). The zero-order valence-electron chi connectivity index (χ0n) is 11.2. The van der Waals surface area contributed by atoms with Gasteiger partial charge in [-0.3, -0.25) is 0 Å². The second-order valence-corrected chi connectivity index (χ2v) is 4.95. The van der Waals surface area contributed by atoms with E-state index in [1.807, 2.05) is 56.3 Å². The van der Waals surface area contributed by atoms with Gasteiger partial charge in [0.2, 0.25) is 0 Å². The maximum absolute atomic E-state index is 6.23. The monoisotopic (exact) mass is 284 g/mol. The van der Waals surface area contributed by atoms with Crippen LogP contribution in [0.4, 0.5) is 0 Å². The zero-order valence-corrected chi connectivity index (χ0v) is 12.0. The minimum atomic E-state index is 0.447. The first-order valence-corrected chi connectivity index (χ1v) is 6.69. The van der Waals surface area contributed by atoms with Crippen molar-refractivity contribution in [2.75, 3.05) is 0 Å². The highest BCUT2D eigenvalue weighted by atomic mass is 35.5. The smallest absolute Gasteiger partial charge is 0.197 e. The molecule has 0 radical (unpaired) electrons. The molecule has 20 heavy (non-hydrogen) atoms. The van der Waals surface area contributed by atoms with Gasteiger partial charge in [-0.25, -0.2) is 9.97 Å². The number of nitrogens with zero attached hydrogens (tertiary/aromatic N) is 2. The Labute approximate surface area is 122 Å². The molecule has 100 valence electrons. The molecular weight excluding hydrogens is 272 g/mol. The first-order chi connectivity index (χ1) is 9.65. The molecule has 0 N–H and O–H groups in total. The maximum atomic E-state index is 6.23. The van der Waals surface area contributed by atoms with Crippen LogP contribution in [-0.2, 0) is 0 Å². The SMILES string of the molecule is Cc1ccc(-c2nc(Cl)c(C)c(-c3ccccc3)n2)o1. The van der Waals surface area contributed by atoms with Gasteiger partial charge in [-0.2, -0.15) is 0 Å². The number of rotatable bonds is 2. The molecule has 0 saturated carbocycles. The molecule has 2 heterocycles. The molecule has 4 heteroatoms. The lowest BCUT2D eigenvalue weighted by Gasteiger charge is -2.08. The summed E-state index contributed by atoms with van der Waals surface area (Å²) in [6.45, 7) is 3.80. The lowest BCUT2D eigenvalue weighted by atomic mass is 10.1. The Morgan fingerprint density at radius 2 is 1.70 bits per heavy atom. The maximum Gasteiger partial charge on any atom is 0.197 e. The van der Waals surface area contributed by atoms with Crippen molar-refractivity contribution in [2.24, 2.45) is 0 Å². The van der Waals surface area contributed by atoms with Crippen molar-refractivity contribution in [3.63, 3.8) is 0 Å². The van der Waals surface area contributed by atoms with Gasteiger partial charge in [0.1, 0.15) is 10.9 Å². The molecule has 0 spiro atoms. The molecule has 0 unspecified atom stereocenters. The van der Waals surface area contributed by atoms with Crippen molar-refractivity contribution in [1.82, 2.24) is 9.97 Å². The summed E-state index contributed by atoms with van der Waals surface area (Å²) in [6.07, 6.45) is 0. The van der Waals surface area contributed by atoms with E-state index in [0.717, 1.165) is 22.6 Å². The van der Waals surface area contributed by atoms with Crippen LogP contribution in [0.1, 0.15) is 11.3 Å². The third-order valence-corrected chi connectivity index (χ3v) is 3.46. The van der Waals surface area contributed by atoms with E-state index in [-0.39, 0.29) is 0 Å². The number of halogens is 1. The predicted molar refractivity (Wildman–Crippen MR) is 79.7 cm³/mol. The second-order valence-electron chi connectivity index (χ2n) is 4.59. The van der Waals surface area contributed by atoms with Gasteiger partial charge in [-0.1, -0.05) is 41.9 Å². The molecule has 0 aliphatic carbocycles. The number of aryl methyl sites for hydroxylation is 1. The largest absolute Gasteiger partial charge is 0.458 e. The van der Waals surface area contributed by atoms with E-state index >= 15 is 0 Å². The fourth-order valence-electron chi connectivity index (χ4n) is 2.03. The minimum absolute atomic E-state index is 0.447. The first kappa shape index (κ1) is 12.9. The van der Waals surface area contributed by atoms with Gasteiger partial charge in [-0.15, -0.1) is 0 Å². The molecular formula is C16H13ClN2O. The van der Waals surface area contributed by atoms with E-state index < -0.39 is 0 Å². The molecule has 0 saturated heterocycles. The van der Waals surface area contributed by atoms with E-state index in [1.165, 1.54) is 0 Å². The summed E-state index contributed by atoms with van der Waals surface area (Å²) in [6, 6.07) is 13.7. The van der Waals surface area contributed by atoms with Gasteiger partial charge < -0.3 is 4.42 Å². The summed E-state index contributed by atoms with van der Waals surface area (Å²) in [4.78, 5) is 8.90. The average Bonchev–Trinajstić information content (AvgIpc) is 2.89. The van der Waals surface area contributed by atoms with Crippen LogP contribution in [0.25, 0.3) is 22.8 Å². The third-order valence-electron chi connectivity index (χ3n) is 3.09. The van der Waals surface area contributed by atoms with Gasteiger partial charge >= 0.3 is 0 Å². The van der Waals surface area contributed by atoms with Crippen LogP contribution in [0.3, 0.4) is 0 Å². The van der Waals surface area contributed by atoms with Crippen molar-refractivity contribution in [3.05, 3.63) is 58.9 Å². The van der Waals surface area contributed by atoms with Crippen molar-refractivity contribution in [3.8, 4) is 22.8 Å². The fourth-order valence-corrected chi connectivity index (χ4v) is 2.20. The van der Waals surface area contributed by atoms with Crippen LogP contribution in [0.5, 0.6) is 0 Å². The van der Waals surface area contributed by atoms with E-state index in [0.29, 0.717) is 16.7 Å². The third kappa shape index (κ3) is 2.32. The van der Waals surface area contributed by atoms with Crippen molar-refractivity contribution in [1.29, 1.82) is 0 Å². The first-order valence-electron chi connectivity index (χ1n) is 6.31. The Morgan fingerprint density at radius 1 is 0.950 bits per heavy atom. The van der Waals surface area contributed by atoms with Gasteiger partial charge in [0.05, 0.1) is 5.69 Å². The van der Waals surface area contributed by atoms with Gasteiger partial charge in [0, 0.05) is 11.1 Å². The van der Waals surface area contributed by atoms with Crippen molar-refractivity contribution >= 4 is 11.6 Å². The zero-order chi connectivity index (χ0) is 14.1. The number of hydrogen-bond donors (Lipinski definition) is 0. The molecule has 1 aromatic carbocycles. The molecule has 0 aliphatic heterocycles. The summed E-state index contributed by atoms with van der Waals surface area (Å²) >= 11 is 6.23. The fraction of sp³-hybridized carbons (Fsp3) is 0.125. The quantitative estimate of drug-likeness (QED) is 0.642. The summed E-state index contributed by atoms with van der Waals surface area (Å²) in [5, 5.41) is 0.447. The molecule has 0 aliphatic rings. The summed E-state index contributed by atoms with van der Waals surface area (Å²) < 4.78 is 5.57. The lowest BCUT2D eigenvalue weighted by Crippen LogP contribution is -1.96. The van der Waals surface area contributed by atoms with E-state index in [4.69, 9.17) is 16.0 Å². The Morgan fingerprint density at radius 3 is 2.35 bits per heavy atom. The van der Waals surface area contributed by atoms with E-state index in [2.05, 4.69) is 9.97 Å².